The number of rotatable bonds is 9. The van der Waals surface area contributed by atoms with Gasteiger partial charge in [-0.2, -0.15) is 0 Å². The zero-order valence-electron chi connectivity index (χ0n) is 15.1. The van der Waals surface area contributed by atoms with Gasteiger partial charge in [-0.1, -0.05) is 32.9 Å². The second-order valence-corrected chi connectivity index (χ2v) is 12.0. The molecule has 0 aromatic heterocycles. The van der Waals surface area contributed by atoms with Crippen LogP contribution in [0.25, 0.3) is 0 Å². The number of methoxy groups -OCH3 is 1. The molecule has 22 heavy (non-hydrogen) atoms. The molecule has 0 N–H and O–H groups in total. The second-order valence-electron chi connectivity index (χ2n) is 7.22. The van der Waals surface area contributed by atoms with E-state index in [-0.39, 0.29) is 5.04 Å². The van der Waals surface area contributed by atoms with Crippen molar-refractivity contribution in [2.24, 2.45) is 0 Å². The Morgan fingerprint density at radius 1 is 0.955 bits per heavy atom. The monoisotopic (exact) mass is 324 g/mol. The van der Waals surface area contributed by atoms with Crippen molar-refractivity contribution in [1.82, 2.24) is 0 Å². The molecule has 0 aliphatic rings. The average molecular weight is 325 g/mol. The minimum Gasteiger partial charge on any atom is -0.497 e. The van der Waals surface area contributed by atoms with E-state index in [1.165, 1.54) is 5.56 Å². The van der Waals surface area contributed by atoms with Crippen LogP contribution in [0.15, 0.2) is 24.3 Å². The highest BCUT2D eigenvalue weighted by Crippen LogP contribution is 2.36. The molecule has 1 aromatic carbocycles. The molecule has 0 saturated heterocycles. The van der Waals surface area contributed by atoms with E-state index in [9.17, 15) is 0 Å². The minimum absolute atomic E-state index is 0.290. The third-order valence-electron chi connectivity index (χ3n) is 4.38. The van der Waals surface area contributed by atoms with Gasteiger partial charge in [-0.15, -0.1) is 0 Å². The molecule has 3 nitrogen and oxygen atoms in total. The van der Waals surface area contributed by atoms with Crippen molar-refractivity contribution in [3.63, 3.8) is 0 Å². The number of hydrogen-bond acceptors (Lipinski definition) is 3. The Hall–Kier alpha value is -0.843. The van der Waals surface area contributed by atoms with Crippen LogP contribution in [0.5, 0.6) is 5.75 Å². The smallest absolute Gasteiger partial charge is 0.191 e. The average Bonchev–Trinajstić information content (AvgIpc) is 2.45. The summed E-state index contributed by atoms with van der Waals surface area (Å²) in [7, 11) is 0.0902. The molecule has 0 fully saturated rings. The maximum absolute atomic E-state index is 6.15. The summed E-state index contributed by atoms with van der Waals surface area (Å²) >= 11 is 0. The molecule has 0 saturated carbocycles. The third kappa shape index (κ3) is 6.51. The molecule has 126 valence electrons. The predicted molar refractivity (Wildman–Crippen MR) is 95.0 cm³/mol. The molecule has 0 unspecified atom stereocenters. The van der Waals surface area contributed by atoms with Gasteiger partial charge in [-0.25, -0.2) is 0 Å². The molecule has 0 aliphatic carbocycles. The van der Waals surface area contributed by atoms with E-state index in [1.807, 2.05) is 24.3 Å². The first kappa shape index (κ1) is 19.2. The number of unbranched alkanes of at least 4 members (excludes halogenated alkanes) is 1. The molecule has 1 aromatic rings. The van der Waals surface area contributed by atoms with Gasteiger partial charge < -0.3 is 13.9 Å². The van der Waals surface area contributed by atoms with Crippen molar-refractivity contribution >= 4 is 8.32 Å². The summed E-state index contributed by atoms with van der Waals surface area (Å²) in [4.78, 5) is 0. The van der Waals surface area contributed by atoms with Crippen LogP contribution in [0.2, 0.25) is 18.1 Å². The van der Waals surface area contributed by atoms with Gasteiger partial charge in [0.15, 0.2) is 8.32 Å². The lowest BCUT2D eigenvalue weighted by Crippen LogP contribution is -2.40. The van der Waals surface area contributed by atoms with E-state index in [2.05, 4.69) is 33.9 Å². The number of ether oxygens (including phenoxy) is 2. The maximum atomic E-state index is 6.15. The third-order valence-corrected chi connectivity index (χ3v) is 8.92. The molecule has 0 radical (unpaired) electrons. The lowest BCUT2D eigenvalue weighted by molar-refractivity contribution is 0.113. The van der Waals surface area contributed by atoms with Crippen molar-refractivity contribution in [2.45, 2.75) is 58.4 Å². The van der Waals surface area contributed by atoms with E-state index < -0.39 is 8.32 Å². The summed E-state index contributed by atoms with van der Waals surface area (Å²) in [6.07, 6.45) is 2.11. The lowest BCUT2D eigenvalue weighted by atomic mass is 10.2. The fraction of sp³-hybridized carbons (Fsp3) is 0.667. The highest BCUT2D eigenvalue weighted by molar-refractivity contribution is 6.74. The zero-order valence-corrected chi connectivity index (χ0v) is 16.1. The Morgan fingerprint density at radius 3 is 2.09 bits per heavy atom. The van der Waals surface area contributed by atoms with Gasteiger partial charge in [-0.3, -0.25) is 0 Å². The molecule has 0 aliphatic heterocycles. The fourth-order valence-corrected chi connectivity index (χ4v) is 2.85. The van der Waals surface area contributed by atoms with Crippen molar-refractivity contribution in [2.75, 3.05) is 20.3 Å². The highest BCUT2D eigenvalue weighted by atomic mass is 28.4. The Bertz CT molecular complexity index is 421. The van der Waals surface area contributed by atoms with Gasteiger partial charge in [0.1, 0.15) is 5.75 Å². The van der Waals surface area contributed by atoms with Crippen LogP contribution in [0.1, 0.15) is 39.2 Å². The van der Waals surface area contributed by atoms with Crippen LogP contribution in [-0.4, -0.2) is 28.6 Å². The van der Waals surface area contributed by atoms with E-state index in [0.717, 1.165) is 31.8 Å². The Balaban J connectivity index is 2.11. The van der Waals surface area contributed by atoms with E-state index in [1.54, 1.807) is 7.11 Å². The molecular weight excluding hydrogens is 292 g/mol. The van der Waals surface area contributed by atoms with Crippen LogP contribution in [0.4, 0.5) is 0 Å². The largest absolute Gasteiger partial charge is 0.497 e. The molecule has 0 amide bonds. The normalized spacial score (nSPS) is 12.5. The van der Waals surface area contributed by atoms with Gasteiger partial charge in [0.25, 0.3) is 0 Å². The van der Waals surface area contributed by atoms with Gasteiger partial charge in [0, 0.05) is 13.2 Å². The standard InChI is InChI=1S/C18H32O3Si/c1-18(2,3)22(5,6)21-14-8-7-13-20-15-16-9-11-17(19-4)12-10-16/h9-12H,7-8,13-15H2,1-6H3. The van der Waals surface area contributed by atoms with Crippen molar-refractivity contribution in [3.8, 4) is 5.75 Å². The quantitative estimate of drug-likeness (QED) is 0.472. The van der Waals surface area contributed by atoms with E-state index >= 15 is 0 Å². The Labute approximate surface area is 137 Å². The molecule has 0 atom stereocenters. The number of hydrogen-bond donors (Lipinski definition) is 0. The van der Waals surface area contributed by atoms with E-state index in [4.69, 9.17) is 13.9 Å². The summed E-state index contributed by atoms with van der Waals surface area (Å²) in [5, 5.41) is 0.290. The molecule has 4 heteroatoms. The molecule has 0 heterocycles. The first-order chi connectivity index (χ1) is 10.3. The summed E-state index contributed by atoms with van der Waals surface area (Å²) in [6.45, 7) is 13.7. The van der Waals surface area contributed by atoms with Gasteiger partial charge in [-0.05, 0) is 48.7 Å². The topological polar surface area (TPSA) is 27.7 Å². The summed E-state index contributed by atoms with van der Waals surface area (Å²) in [5.74, 6) is 0.881. The molecular formula is C18H32O3Si. The first-order valence-corrected chi connectivity index (χ1v) is 11.0. The summed E-state index contributed by atoms with van der Waals surface area (Å²) in [5.41, 5.74) is 1.18. The van der Waals surface area contributed by atoms with Crippen LogP contribution >= 0.6 is 0 Å². The second kappa shape index (κ2) is 8.70. The summed E-state index contributed by atoms with van der Waals surface area (Å²) < 4.78 is 17.0. The van der Waals surface area contributed by atoms with Crippen LogP contribution < -0.4 is 4.74 Å². The maximum Gasteiger partial charge on any atom is 0.191 e. The molecule has 0 bridgehead atoms. The van der Waals surface area contributed by atoms with Crippen LogP contribution in [0.3, 0.4) is 0 Å². The van der Waals surface area contributed by atoms with Gasteiger partial charge in [0.05, 0.1) is 13.7 Å². The number of benzene rings is 1. The fourth-order valence-electron chi connectivity index (χ4n) is 1.76. The Morgan fingerprint density at radius 2 is 1.55 bits per heavy atom. The zero-order chi connectivity index (χ0) is 16.6. The highest BCUT2D eigenvalue weighted by Gasteiger charge is 2.36. The minimum atomic E-state index is -1.59. The van der Waals surface area contributed by atoms with Crippen molar-refractivity contribution in [3.05, 3.63) is 29.8 Å². The van der Waals surface area contributed by atoms with E-state index in [0.29, 0.717) is 6.61 Å². The van der Waals surface area contributed by atoms with Crippen molar-refractivity contribution in [1.29, 1.82) is 0 Å². The van der Waals surface area contributed by atoms with Crippen LogP contribution in [-0.2, 0) is 15.8 Å². The summed E-state index contributed by atoms with van der Waals surface area (Å²) in [6, 6.07) is 8.01. The van der Waals surface area contributed by atoms with Crippen molar-refractivity contribution < 1.29 is 13.9 Å². The predicted octanol–water partition coefficient (Wildman–Crippen LogP) is 5.01. The van der Waals surface area contributed by atoms with Crippen LogP contribution in [0, 0.1) is 0 Å². The lowest BCUT2D eigenvalue weighted by Gasteiger charge is -2.36. The SMILES string of the molecule is COc1ccc(COCCCCO[Si](C)(C)C(C)(C)C)cc1. The van der Waals surface area contributed by atoms with Gasteiger partial charge >= 0.3 is 0 Å². The molecule has 1 rings (SSSR count). The Kier molecular flexibility index (Phi) is 7.60. The van der Waals surface area contributed by atoms with Gasteiger partial charge in [0.2, 0.25) is 0 Å². The first-order valence-electron chi connectivity index (χ1n) is 8.11. The molecule has 0 spiro atoms.